The molecule has 0 aromatic heterocycles. The van der Waals surface area contributed by atoms with Gasteiger partial charge in [0.15, 0.2) is 6.61 Å². The number of carbonyl (C=O) groups is 1. The van der Waals surface area contributed by atoms with E-state index in [9.17, 15) is 4.79 Å². The minimum absolute atomic E-state index is 0.100. The Morgan fingerprint density at radius 3 is 2.65 bits per heavy atom. The number of hydrogen-bond donors (Lipinski definition) is 3. The van der Waals surface area contributed by atoms with Crippen LogP contribution in [0.1, 0.15) is 25.3 Å². The highest BCUT2D eigenvalue weighted by Crippen LogP contribution is 2.12. The predicted octanol–water partition coefficient (Wildman–Crippen LogP) is 1.05. The zero-order valence-electron chi connectivity index (χ0n) is 12.0. The maximum Gasteiger partial charge on any atom is 0.255 e. The molecule has 5 nitrogen and oxygen atoms in total. The summed E-state index contributed by atoms with van der Waals surface area (Å²) in [4.78, 5) is 10.6. The van der Waals surface area contributed by atoms with E-state index in [0.717, 1.165) is 31.5 Å². The van der Waals surface area contributed by atoms with Crippen LogP contribution in [0.2, 0.25) is 0 Å². The first-order chi connectivity index (χ1) is 9.65. The van der Waals surface area contributed by atoms with Crippen molar-refractivity contribution < 1.29 is 14.6 Å². The lowest BCUT2D eigenvalue weighted by Crippen LogP contribution is -2.23. The fourth-order valence-electron chi connectivity index (χ4n) is 1.91. The van der Waals surface area contributed by atoms with E-state index < -0.39 is 5.91 Å². The molecule has 112 valence electrons. The molecule has 0 heterocycles. The molecule has 20 heavy (non-hydrogen) atoms. The van der Waals surface area contributed by atoms with Crippen molar-refractivity contribution in [2.45, 2.75) is 26.3 Å². The third-order valence-electron chi connectivity index (χ3n) is 3.18. The Hall–Kier alpha value is -1.59. The maximum absolute atomic E-state index is 10.6. The molecule has 1 amide bonds. The molecule has 1 unspecified atom stereocenters. The van der Waals surface area contributed by atoms with Crippen molar-refractivity contribution in [2.24, 2.45) is 11.7 Å². The molecule has 0 aliphatic heterocycles. The second kappa shape index (κ2) is 9.34. The maximum atomic E-state index is 10.6. The average Bonchev–Trinajstić information content (AvgIpc) is 2.45. The van der Waals surface area contributed by atoms with E-state index in [-0.39, 0.29) is 13.2 Å². The summed E-state index contributed by atoms with van der Waals surface area (Å²) in [5.74, 6) is 0.669. The van der Waals surface area contributed by atoms with Crippen molar-refractivity contribution in [3.05, 3.63) is 29.8 Å². The van der Waals surface area contributed by atoms with Gasteiger partial charge in [0.05, 0.1) is 0 Å². The summed E-state index contributed by atoms with van der Waals surface area (Å²) in [6.07, 6.45) is 1.90. The Morgan fingerprint density at radius 1 is 1.40 bits per heavy atom. The molecule has 4 N–H and O–H groups in total. The molecule has 0 aliphatic carbocycles. The van der Waals surface area contributed by atoms with Gasteiger partial charge in [-0.15, -0.1) is 0 Å². The summed E-state index contributed by atoms with van der Waals surface area (Å²) in [6.45, 7) is 3.95. The van der Waals surface area contributed by atoms with Crippen LogP contribution in [0.25, 0.3) is 0 Å². The Balaban J connectivity index is 2.32. The van der Waals surface area contributed by atoms with Crippen LogP contribution in [0.4, 0.5) is 0 Å². The summed E-state index contributed by atoms with van der Waals surface area (Å²) in [7, 11) is 0. The van der Waals surface area contributed by atoms with Gasteiger partial charge in [0, 0.05) is 13.2 Å². The molecule has 0 radical (unpaired) electrons. The summed E-state index contributed by atoms with van der Waals surface area (Å²) < 4.78 is 5.19. The first-order valence-electron chi connectivity index (χ1n) is 6.97. The lowest BCUT2D eigenvalue weighted by atomic mass is 10.0. The van der Waals surface area contributed by atoms with Crippen molar-refractivity contribution in [1.29, 1.82) is 0 Å². The van der Waals surface area contributed by atoms with E-state index in [1.807, 2.05) is 24.3 Å². The standard InChI is InChI=1S/C15H24N2O3/c1-2-12(7-8-18)9-17-10-13-3-5-14(6-4-13)20-11-15(16)19/h3-6,12,17-18H,2,7-11H2,1H3,(H2,16,19). The number of hydrogen-bond acceptors (Lipinski definition) is 4. The van der Waals surface area contributed by atoms with Crippen molar-refractivity contribution in [1.82, 2.24) is 5.32 Å². The molecule has 1 aromatic rings. The number of aliphatic hydroxyl groups excluding tert-OH is 1. The van der Waals surface area contributed by atoms with E-state index in [4.69, 9.17) is 15.6 Å². The highest BCUT2D eigenvalue weighted by molar-refractivity contribution is 5.75. The van der Waals surface area contributed by atoms with Gasteiger partial charge in [-0.2, -0.15) is 0 Å². The number of aliphatic hydroxyl groups is 1. The van der Waals surface area contributed by atoms with E-state index in [2.05, 4.69) is 12.2 Å². The van der Waals surface area contributed by atoms with Crippen LogP contribution >= 0.6 is 0 Å². The van der Waals surface area contributed by atoms with Crippen molar-refractivity contribution >= 4 is 5.91 Å². The van der Waals surface area contributed by atoms with Gasteiger partial charge in [0.25, 0.3) is 5.91 Å². The zero-order valence-corrected chi connectivity index (χ0v) is 12.0. The van der Waals surface area contributed by atoms with Crippen molar-refractivity contribution in [3.63, 3.8) is 0 Å². The van der Waals surface area contributed by atoms with Crippen LogP contribution in [-0.4, -0.2) is 30.8 Å². The fourth-order valence-corrected chi connectivity index (χ4v) is 1.91. The molecule has 1 rings (SSSR count). The van der Waals surface area contributed by atoms with E-state index in [1.54, 1.807) is 0 Å². The predicted molar refractivity (Wildman–Crippen MR) is 78.3 cm³/mol. The van der Waals surface area contributed by atoms with Crippen molar-refractivity contribution in [2.75, 3.05) is 19.8 Å². The lowest BCUT2D eigenvalue weighted by molar-refractivity contribution is -0.119. The molecule has 1 aromatic carbocycles. The number of nitrogens with two attached hydrogens (primary N) is 1. The largest absolute Gasteiger partial charge is 0.484 e. The van der Waals surface area contributed by atoms with Gasteiger partial charge in [0.1, 0.15) is 5.75 Å². The lowest BCUT2D eigenvalue weighted by Gasteiger charge is -2.14. The summed E-state index contributed by atoms with van der Waals surface area (Å²) in [5, 5.41) is 12.3. The Labute approximate surface area is 120 Å². The Morgan fingerprint density at radius 2 is 2.10 bits per heavy atom. The third-order valence-corrected chi connectivity index (χ3v) is 3.18. The molecule has 0 bridgehead atoms. The quantitative estimate of drug-likeness (QED) is 0.598. The number of rotatable bonds is 10. The van der Waals surface area contributed by atoms with E-state index in [0.29, 0.717) is 11.7 Å². The third kappa shape index (κ3) is 6.54. The van der Waals surface area contributed by atoms with Crippen LogP contribution in [0.3, 0.4) is 0 Å². The molecular formula is C15H24N2O3. The molecule has 0 spiro atoms. The minimum atomic E-state index is -0.481. The number of ether oxygens (including phenoxy) is 1. The summed E-state index contributed by atoms with van der Waals surface area (Å²) in [5.41, 5.74) is 6.16. The van der Waals surface area contributed by atoms with Gasteiger partial charge < -0.3 is 20.9 Å². The normalized spacial score (nSPS) is 12.1. The van der Waals surface area contributed by atoms with Gasteiger partial charge in [-0.3, -0.25) is 4.79 Å². The molecule has 5 heteroatoms. The van der Waals surface area contributed by atoms with Crippen LogP contribution in [0.15, 0.2) is 24.3 Å². The van der Waals surface area contributed by atoms with E-state index >= 15 is 0 Å². The molecule has 0 aliphatic rings. The van der Waals surface area contributed by atoms with Crippen LogP contribution in [0, 0.1) is 5.92 Å². The highest BCUT2D eigenvalue weighted by atomic mass is 16.5. The topological polar surface area (TPSA) is 84.6 Å². The zero-order chi connectivity index (χ0) is 14.8. The van der Waals surface area contributed by atoms with Crippen molar-refractivity contribution in [3.8, 4) is 5.75 Å². The Bertz CT molecular complexity index is 393. The number of amides is 1. The van der Waals surface area contributed by atoms with Crippen LogP contribution in [-0.2, 0) is 11.3 Å². The number of carbonyl (C=O) groups excluding carboxylic acids is 1. The molecular weight excluding hydrogens is 256 g/mol. The van der Waals surface area contributed by atoms with Gasteiger partial charge in [-0.1, -0.05) is 25.5 Å². The average molecular weight is 280 g/mol. The molecule has 0 saturated carbocycles. The first kappa shape index (κ1) is 16.5. The van der Waals surface area contributed by atoms with Crippen LogP contribution < -0.4 is 15.8 Å². The summed E-state index contributed by atoms with van der Waals surface area (Å²) in [6, 6.07) is 7.56. The number of nitrogens with one attached hydrogen (secondary N) is 1. The smallest absolute Gasteiger partial charge is 0.255 e. The summed E-state index contributed by atoms with van der Waals surface area (Å²) >= 11 is 0. The second-order valence-corrected chi connectivity index (χ2v) is 4.82. The van der Waals surface area contributed by atoms with Gasteiger partial charge in [-0.05, 0) is 36.6 Å². The van der Waals surface area contributed by atoms with Gasteiger partial charge in [-0.25, -0.2) is 0 Å². The Kier molecular flexibility index (Phi) is 7.69. The monoisotopic (exact) mass is 280 g/mol. The first-order valence-corrected chi connectivity index (χ1v) is 6.97. The highest BCUT2D eigenvalue weighted by Gasteiger charge is 2.05. The molecule has 1 atom stereocenters. The number of primary amides is 1. The van der Waals surface area contributed by atoms with E-state index in [1.165, 1.54) is 0 Å². The molecule has 0 saturated heterocycles. The molecule has 0 fully saturated rings. The second-order valence-electron chi connectivity index (χ2n) is 4.82. The number of benzene rings is 1. The minimum Gasteiger partial charge on any atom is -0.484 e. The van der Waals surface area contributed by atoms with Crippen LogP contribution in [0.5, 0.6) is 5.75 Å². The van der Waals surface area contributed by atoms with Gasteiger partial charge >= 0.3 is 0 Å². The van der Waals surface area contributed by atoms with Gasteiger partial charge in [0.2, 0.25) is 0 Å². The SMILES string of the molecule is CCC(CCO)CNCc1ccc(OCC(N)=O)cc1. The fraction of sp³-hybridized carbons (Fsp3) is 0.533.